The zero-order valence-electron chi connectivity index (χ0n) is 17.0. The van der Waals surface area contributed by atoms with Gasteiger partial charge in [0.05, 0.1) is 11.1 Å². The quantitative estimate of drug-likeness (QED) is 0.643. The summed E-state index contributed by atoms with van der Waals surface area (Å²) in [4.78, 5) is 15.3. The van der Waals surface area contributed by atoms with E-state index in [0.717, 1.165) is 61.7 Å². The summed E-state index contributed by atoms with van der Waals surface area (Å²) < 4.78 is 39.0. The van der Waals surface area contributed by atoms with Crippen LogP contribution in [0.15, 0.2) is 48.8 Å². The molecule has 30 heavy (non-hydrogen) atoms. The number of piperazine rings is 1. The minimum Gasteiger partial charge on any atom is -0.367 e. The molecular formula is C22H24F3N5. The lowest BCUT2D eigenvalue weighted by molar-refractivity contribution is -0.137. The fourth-order valence-electron chi connectivity index (χ4n) is 3.82. The molecule has 2 aromatic heterocycles. The van der Waals surface area contributed by atoms with Crippen molar-refractivity contribution < 1.29 is 13.2 Å². The molecule has 0 N–H and O–H groups in total. The third-order valence-corrected chi connectivity index (χ3v) is 5.30. The number of fused-ring (bicyclic) bond motifs is 1. The van der Waals surface area contributed by atoms with Crippen molar-refractivity contribution in [3.63, 3.8) is 0 Å². The van der Waals surface area contributed by atoms with Crippen LogP contribution in [-0.2, 0) is 12.7 Å². The average molecular weight is 415 g/mol. The Kier molecular flexibility index (Phi) is 5.51. The Morgan fingerprint density at radius 1 is 0.933 bits per heavy atom. The highest BCUT2D eigenvalue weighted by molar-refractivity contribution is 5.92. The van der Waals surface area contributed by atoms with Gasteiger partial charge in [-0.25, -0.2) is 4.98 Å². The van der Waals surface area contributed by atoms with Crippen molar-refractivity contribution in [3.8, 4) is 0 Å². The molecule has 4 rings (SSSR count). The van der Waals surface area contributed by atoms with Gasteiger partial charge in [0.15, 0.2) is 0 Å². The average Bonchev–Trinajstić information content (AvgIpc) is 2.72. The van der Waals surface area contributed by atoms with E-state index in [1.165, 1.54) is 11.6 Å². The summed E-state index contributed by atoms with van der Waals surface area (Å²) in [6.07, 6.45) is -0.877. The highest BCUT2D eigenvalue weighted by Gasteiger charge is 2.31. The lowest BCUT2D eigenvalue weighted by atomic mass is 10.1. The molecule has 1 aliphatic heterocycles. The number of halogens is 3. The van der Waals surface area contributed by atoms with Gasteiger partial charge in [0.2, 0.25) is 0 Å². The van der Waals surface area contributed by atoms with Gasteiger partial charge in [-0.05, 0) is 43.9 Å². The highest BCUT2D eigenvalue weighted by atomic mass is 19.4. The van der Waals surface area contributed by atoms with Crippen LogP contribution < -0.4 is 9.80 Å². The zero-order chi connectivity index (χ0) is 21.3. The monoisotopic (exact) mass is 415 g/mol. The predicted molar refractivity (Wildman–Crippen MR) is 113 cm³/mol. The van der Waals surface area contributed by atoms with Gasteiger partial charge >= 0.3 is 6.18 Å². The standard InChI is InChI=1S/C22H24F3N5/c1-28(2)15-16-3-6-21(27-14-16)30-11-9-29(10-12-30)20-7-8-26-19-13-17(22(23,24)25)4-5-18(19)20/h3-8,13-14H,9-12,15H2,1-2H3. The molecular weight excluding hydrogens is 391 g/mol. The van der Waals surface area contributed by atoms with E-state index < -0.39 is 11.7 Å². The molecule has 5 nitrogen and oxygen atoms in total. The number of anilines is 2. The van der Waals surface area contributed by atoms with Crippen molar-refractivity contribution >= 4 is 22.4 Å². The van der Waals surface area contributed by atoms with Crippen LogP contribution in [0, 0.1) is 0 Å². The predicted octanol–water partition coefficient (Wildman–Crippen LogP) is 4.04. The second kappa shape index (κ2) is 8.10. The number of rotatable bonds is 4. The first kappa shape index (κ1) is 20.4. The van der Waals surface area contributed by atoms with Gasteiger partial charge in [-0.15, -0.1) is 0 Å². The number of aromatic nitrogens is 2. The summed E-state index contributed by atoms with van der Waals surface area (Å²) in [5.41, 5.74) is 1.78. The summed E-state index contributed by atoms with van der Waals surface area (Å²) in [6, 6.07) is 9.80. The minimum absolute atomic E-state index is 0.364. The normalized spacial score (nSPS) is 15.3. The Balaban J connectivity index is 1.48. The maximum Gasteiger partial charge on any atom is 0.416 e. The van der Waals surface area contributed by atoms with Gasteiger partial charge in [0, 0.05) is 56.2 Å². The van der Waals surface area contributed by atoms with E-state index in [1.807, 2.05) is 26.4 Å². The molecule has 0 aliphatic carbocycles. The third kappa shape index (κ3) is 4.33. The zero-order valence-corrected chi connectivity index (χ0v) is 17.0. The van der Waals surface area contributed by atoms with Gasteiger partial charge < -0.3 is 14.7 Å². The number of benzene rings is 1. The van der Waals surface area contributed by atoms with Crippen molar-refractivity contribution in [2.45, 2.75) is 12.7 Å². The fourth-order valence-corrected chi connectivity index (χ4v) is 3.82. The third-order valence-electron chi connectivity index (χ3n) is 5.30. The molecule has 1 fully saturated rings. The maximum absolute atomic E-state index is 13.0. The van der Waals surface area contributed by atoms with Gasteiger partial charge in [-0.3, -0.25) is 4.98 Å². The molecule has 1 aromatic carbocycles. The molecule has 8 heteroatoms. The molecule has 1 aliphatic rings. The van der Waals surface area contributed by atoms with Crippen molar-refractivity contribution in [2.75, 3.05) is 50.1 Å². The Bertz CT molecular complexity index is 1010. The molecule has 0 spiro atoms. The van der Waals surface area contributed by atoms with Gasteiger partial charge in [0.25, 0.3) is 0 Å². The first-order chi connectivity index (χ1) is 14.3. The van der Waals surface area contributed by atoms with Gasteiger partial charge in [0.1, 0.15) is 5.82 Å². The highest BCUT2D eigenvalue weighted by Crippen LogP contribution is 2.34. The molecule has 1 saturated heterocycles. The van der Waals surface area contributed by atoms with Crippen LogP contribution in [0.2, 0.25) is 0 Å². The summed E-state index contributed by atoms with van der Waals surface area (Å²) in [7, 11) is 4.06. The number of hydrogen-bond acceptors (Lipinski definition) is 5. The smallest absolute Gasteiger partial charge is 0.367 e. The van der Waals surface area contributed by atoms with Crippen LogP contribution >= 0.6 is 0 Å². The Morgan fingerprint density at radius 3 is 2.30 bits per heavy atom. The lowest BCUT2D eigenvalue weighted by Gasteiger charge is -2.37. The topological polar surface area (TPSA) is 35.5 Å². The molecule has 0 atom stereocenters. The van der Waals surface area contributed by atoms with Crippen molar-refractivity contribution in [1.29, 1.82) is 0 Å². The minimum atomic E-state index is -4.37. The van der Waals surface area contributed by atoms with Gasteiger partial charge in [-0.2, -0.15) is 13.2 Å². The molecule has 0 amide bonds. The Morgan fingerprint density at radius 2 is 1.67 bits per heavy atom. The number of pyridine rings is 2. The molecule has 0 unspecified atom stereocenters. The van der Waals surface area contributed by atoms with Crippen molar-refractivity contribution in [3.05, 3.63) is 59.9 Å². The number of hydrogen-bond donors (Lipinski definition) is 0. The fraction of sp³-hybridized carbons (Fsp3) is 0.364. The number of nitrogens with zero attached hydrogens (tertiary/aromatic N) is 5. The molecule has 3 aromatic rings. The second-order valence-electron chi connectivity index (χ2n) is 7.80. The van der Waals surface area contributed by atoms with E-state index in [-0.39, 0.29) is 0 Å². The summed E-state index contributed by atoms with van der Waals surface area (Å²) in [5.74, 6) is 0.951. The largest absolute Gasteiger partial charge is 0.416 e. The second-order valence-corrected chi connectivity index (χ2v) is 7.80. The first-order valence-electron chi connectivity index (χ1n) is 9.87. The van der Waals surface area contributed by atoms with Crippen LogP contribution in [0.1, 0.15) is 11.1 Å². The number of alkyl halides is 3. The van der Waals surface area contributed by atoms with E-state index in [0.29, 0.717) is 5.52 Å². The van der Waals surface area contributed by atoms with Crippen LogP contribution in [0.4, 0.5) is 24.7 Å². The van der Waals surface area contributed by atoms with Gasteiger partial charge in [-0.1, -0.05) is 12.1 Å². The summed E-state index contributed by atoms with van der Waals surface area (Å²) >= 11 is 0. The summed E-state index contributed by atoms with van der Waals surface area (Å²) in [6.45, 7) is 3.98. The van der Waals surface area contributed by atoms with Crippen LogP contribution in [-0.4, -0.2) is 55.1 Å². The van der Waals surface area contributed by atoms with E-state index >= 15 is 0 Å². The van der Waals surface area contributed by atoms with Crippen molar-refractivity contribution in [2.24, 2.45) is 0 Å². The van der Waals surface area contributed by atoms with E-state index in [2.05, 4.69) is 36.8 Å². The lowest BCUT2D eigenvalue weighted by Crippen LogP contribution is -2.46. The molecule has 158 valence electrons. The van der Waals surface area contributed by atoms with E-state index in [9.17, 15) is 13.2 Å². The first-order valence-corrected chi connectivity index (χ1v) is 9.87. The van der Waals surface area contributed by atoms with Crippen molar-refractivity contribution in [1.82, 2.24) is 14.9 Å². The Labute approximate surface area is 173 Å². The molecule has 0 bridgehead atoms. The molecule has 3 heterocycles. The van der Waals surface area contributed by atoms with Crippen LogP contribution in [0.25, 0.3) is 10.9 Å². The van der Waals surface area contributed by atoms with Crippen LogP contribution in [0.3, 0.4) is 0 Å². The summed E-state index contributed by atoms with van der Waals surface area (Å²) in [5, 5.41) is 0.741. The molecule has 0 saturated carbocycles. The Hall–Kier alpha value is -2.87. The van der Waals surface area contributed by atoms with E-state index in [4.69, 9.17) is 0 Å². The van der Waals surface area contributed by atoms with Crippen LogP contribution in [0.5, 0.6) is 0 Å². The molecule has 0 radical (unpaired) electrons. The van der Waals surface area contributed by atoms with E-state index in [1.54, 1.807) is 6.20 Å². The SMILES string of the molecule is CN(C)Cc1ccc(N2CCN(c3ccnc4cc(C(F)(F)F)ccc34)CC2)nc1. The maximum atomic E-state index is 13.0.